The zero-order chi connectivity index (χ0) is 27.1. The average Bonchev–Trinajstić information content (AvgIpc) is 3.51. The van der Waals surface area contributed by atoms with E-state index in [9.17, 15) is 10.5 Å². The van der Waals surface area contributed by atoms with E-state index in [2.05, 4.69) is 75.7 Å². The Kier molecular flexibility index (Phi) is 6.46. The standard InChI is InChI=1S/C29H31N9S/c1-29(2,3)16-34-27-18(11-31)12-33-26-17(10-30)8-19(9-22(26)27)35-28(24-14-38(37-36-24)20-4-5-20)23-15-39-25-13-32-7-6-21(23)25/h8-9,12,14-15,20,28,32,35H,4-7,13,16H2,1-3H3,(H,33,34). The van der Waals surface area contributed by atoms with Crippen LogP contribution >= 0.6 is 11.3 Å². The van der Waals surface area contributed by atoms with E-state index in [4.69, 9.17) is 0 Å². The molecule has 3 N–H and O–H groups in total. The first kappa shape index (κ1) is 25.3. The minimum Gasteiger partial charge on any atom is -0.383 e. The van der Waals surface area contributed by atoms with Gasteiger partial charge in [0, 0.05) is 35.2 Å². The van der Waals surface area contributed by atoms with Gasteiger partial charge < -0.3 is 16.0 Å². The molecular formula is C29H31N9S. The van der Waals surface area contributed by atoms with Gasteiger partial charge >= 0.3 is 0 Å². The molecule has 0 saturated heterocycles. The molecule has 1 aliphatic heterocycles. The summed E-state index contributed by atoms with van der Waals surface area (Å²) in [6.07, 6.45) is 6.83. The Morgan fingerprint density at radius 1 is 1.21 bits per heavy atom. The smallest absolute Gasteiger partial charge is 0.110 e. The van der Waals surface area contributed by atoms with Crippen molar-refractivity contribution in [3.05, 3.63) is 62.7 Å². The fourth-order valence-electron chi connectivity index (χ4n) is 5.05. The molecule has 0 amide bonds. The van der Waals surface area contributed by atoms with Crippen molar-refractivity contribution in [1.82, 2.24) is 25.3 Å². The molecular weight excluding hydrogens is 506 g/mol. The summed E-state index contributed by atoms with van der Waals surface area (Å²) in [7, 11) is 0. The number of fused-ring (bicyclic) bond motifs is 2. The lowest BCUT2D eigenvalue weighted by atomic mass is 9.96. The van der Waals surface area contributed by atoms with Crippen molar-refractivity contribution >= 4 is 33.6 Å². The summed E-state index contributed by atoms with van der Waals surface area (Å²) in [6, 6.07) is 8.64. The highest BCUT2D eigenvalue weighted by Crippen LogP contribution is 2.39. The van der Waals surface area contributed by atoms with Crippen LogP contribution in [0, 0.1) is 28.1 Å². The maximum atomic E-state index is 10.1. The second kappa shape index (κ2) is 9.96. The van der Waals surface area contributed by atoms with Crippen LogP contribution in [-0.2, 0) is 13.0 Å². The predicted octanol–water partition coefficient (Wildman–Crippen LogP) is 5.27. The molecule has 9 nitrogen and oxygen atoms in total. The fraction of sp³-hybridized carbons (Fsp3) is 0.414. The highest BCUT2D eigenvalue weighted by Gasteiger charge is 2.29. The molecule has 3 aromatic heterocycles. The normalized spacial score (nSPS) is 15.8. The summed E-state index contributed by atoms with van der Waals surface area (Å²) in [5, 5.41) is 42.6. The number of benzene rings is 1. The Hall–Kier alpha value is -3.99. The number of aromatic nitrogens is 4. The molecule has 1 atom stereocenters. The molecule has 0 radical (unpaired) electrons. The molecule has 0 bridgehead atoms. The van der Waals surface area contributed by atoms with Crippen LogP contribution in [0.2, 0.25) is 0 Å². The molecule has 0 spiro atoms. The van der Waals surface area contributed by atoms with Crippen LogP contribution in [0.25, 0.3) is 10.9 Å². The molecule has 2 aliphatic rings. The molecule has 1 unspecified atom stereocenters. The zero-order valence-corrected chi connectivity index (χ0v) is 23.2. The van der Waals surface area contributed by atoms with Gasteiger partial charge in [-0.15, -0.1) is 16.4 Å². The van der Waals surface area contributed by atoms with Gasteiger partial charge in [0.2, 0.25) is 0 Å². The molecule has 1 aromatic carbocycles. The number of nitrogens with one attached hydrogen (secondary N) is 3. The summed E-state index contributed by atoms with van der Waals surface area (Å²) in [6.45, 7) is 8.90. The summed E-state index contributed by atoms with van der Waals surface area (Å²) >= 11 is 1.77. The van der Waals surface area contributed by atoms with E-state index >= 15 is 0 Å². The summed E-state index contributed by atoms with van der Waals surface area (Å²) < 4.78 is 1.98. The quantitative estimate of drug-likeness (QED) is 0.291. The fourth-order valence-corrected chi connectivity index (χ4v) is 6.14. The Bertz CT molecular complexity index is 1630. The number of hydrogen-bond acceptors (Lipinski definition) is 9. The van der Waals surface area contributed by atoms with Gasteiger partial charge in [-0.1, -0.05) is 26.0 Å². The Labute approximate surface area is 231 Å². The molecule has 1 aliphatic carbocycles. The highest BCUT2D eigenvalue weighted by atomic mass is 32.1. The Morgan fingerprint density at radius 2 is 2.03 bits per heavy atom. The lowest BCUT2D eigenvalue weighted by molar-refractivity contribution is 0.443. The van der Waals surface area contributed by atoms with Crippen molar-refractivity contribution in [3.8, 4) is 12.1 Å². The molecule has 1 saturated carbocycles. The summed E-state index contributed by atoms with van der Waals surface area (Å²) in [5.41, 5.74) is 6.38. The summed E-state index contributed by atoms with van der Waals surface area (Å²) in [4.78, 5) is 5.85. The SMILES string of the molecule is CC(C)(C)CNc1c(C#N)cnc2c(C#N)cc(NC(c3cn(C4CC4)nn3)c3csc4c3CCNC4)cc12. The van der Waals surface area contributed by atoms with E-state index in [0.717, 1.165) is 49.1 Å². The van der Waals surface area contributed by atoms with Crippen molar-refractivity contribution in [1.29, 1.82) is 10.5 Å². The summed E-state index contributed by atoms with van der Waals surface area (Å²) in [5.74, 6) is 0. The molecule has 6 rings (SSSR count). The zero-order valence-electron chi connectivity index (χ0n) is 22.4. The van der Waals surface area contributed by atoms with E-state index in [1.807, 2.05) is 16.8 Å². The van der Waals surface area contributed by atoms with Gasteiger partial charge in [0.15, 0.2) is 0 Å². The number of hydrogen-bond donors (Lipinski definition) is 3. The van der Waals surface area contributed by atoms with Crippen molar-refractivity contribution in [2.45, 2.75) is 58.7 Å². The largest absolute Gasteiger partial charge is 0.383 e. The van der Waals surface area contributed by atoms with E-state index in [1.54, 1.807) is 17.5 Å². The minimum atomic E-state index is -0.224. The number of anilines is 2. The Balaban J connectivity index is 1.46. The lowest BCUT2D eigenvalue weighted by Crippen LogP contribution is -2.24. The minimum absolute atomic E-state index is 0.00160. The van der Waals surface area contributed by atoms with Gasteiger partial charge in [0.1, 0.15) is 17.8 Å². The van der Waals surface area contributed by atoms with Gasteiger partial charge in [0.05, 0.1) is 40.6 Å². The number of rotatable bonds is 7. The number of nitriles is 2. The second-order valence-corrected chi connectivity index (χ2v) is 12.5. The number of pyridine rings is 1. The van der Waals surface area contributed by atoms with Gasteiger partial charge in [0.25, 0.3) is 0 Å². The Morgan fingerprint density at radius 3 is 2.77 bits per heavy atom. The van der Waals surface area contributed by atoms with Crippen molar-refractivity contribution in [2.75, 3.05) is 23.7 Å². The van der Waals surface area contributed by atoms with Crippen molar-refractivity contribution < 1.29 is 0 Å². The number of nitrogens with zero attached hydrogens (tertiary/aromatic N) is 6. The first-order valence-electron chi connectivity index (χ1n) is 13.3. The van der Waals surface area contributed by atoms with Gasteiger partial charge in [-0.3, -0.25) is 4.98 Å². The first-order valence-corrected chi connectivity index (χ1v) is 14.2. The van der Waals surface area contributed by atoms with E-state index in [-0.39, 0.29) is 11.5 Å². The highest BCUT2D eigenvalue weighted by molar-refractivity contribution is 7.10. The van der Waals surface area contributed by atoms with Crippen LogP contribution in [0.5, 0.6) is 0 Å². The monoisotopic (exact) mass is 537 g/mol. The van der Waals surface area contributed by atoms with Crippen LogP contribution in [0.4, 0.5) is 11.4 Å². The molecule has 4 aromatic rings. The average molecular weight is 538 g/mol. The predicted molar refractivity (Wildman–Crippen MR) is 153 cm³/mol. The van der Waals surface area contributed by atoms with Crippen molar-refractivity contribution in [3.63, 3.8) is 0 Å². The van der Waals surface area contributed by atoms with E-state index in [0.29, 0.717) is 34.9 Å². The molecule has 1 fully saturated rings. The van der Waals surface area contributed by atoms with E-state index < -0.39 is 0 Å². The van der Waals surface area contributed by atoms with Crippen LogP contribution in [0.3, 0.4) is 0 Å². The van der Waals surface area contributed by atoms with Gasteiger partial charge in [-0.25, -0.2) is 4.68 Å². The third kappa shape index (κ3) is 5.06. The third-order valence-corrected chi connectivity index (χ3v) is 8.27. The number of thiophene rings is 1. The molecule has 39 heavy (non-hydrogen) atoms. The van der Waals surface area contributed by atoms with Crippen LogP contribution in [-0.4, -0.2) is 33.1 Å². The van der Waals surface area contributed by atoms with Gasteiger partial charge in [-0.05, 0) is 59.9 Å². The van der Waals surface area contributed by atoms with Crippen LogP contribution < -0.4 is 16.0 Å². The first-order chi connectivity index (χ1) is 18.8. The maximum Gasteiger partial charge on any atom is 0.110 e. The third-order valence-electron chi connectivity index (χ3n) is 7.23. The molecule has 198 valence electrons. The topological polar surface area (TPSA) is 127 Å². The molecule has 10 heteroatoms. The van der Waals surface area contributed by atoms with E-state index in [1.165, 1.54) is 16.0 Å². The van der Waals surface area contributed by atoms with Gasteiger partial charge in [-0.2, -0.15) is 10.5 Å². The maximum absolute atomic E-state index is 10.1. The second-order valence-electron chi connectivity index (χ2n) is 11.6. The van der Waals surface area contributed by atoms with Crippen LogP contribution in [0.15, 0.2) is 29.9 Å². The van der Waals surface area contributed by atoms with Crippen molar-refractivity contribution in [2.24, 2.45) is 5.41 Å². The van der Waals surface area contributed by atoms with Crippen LogP contribution in [0.1, 0.15) is 78.5 Å². The molecule has 4 heterocycles. The lowest BCUT2D eigenvalue weighted by Gasteiger charge is -2.23.